The van der Waals surface area contributed by atoms with Gasteiger partial charge in [-0.1, -0.05) is 23.7 Å². The molecule has 1 atom stereocenters. The average molecular weight is 439 g/mol. The molecule has 0 radical (unpaired) electrons. The van der Waals surface area contributed by atoms with Crippen molar-refractivity contribution < 1.29 is 4.79 Å². The molecule has 1 fully saturated rings. The van der Waals surface area contributed by atoms with Crippen LogP contribution in [0.1, 0.15) is 22.6 Å². The summed E-state index contributed by atoms with van der Waals surface area (Å²) in [6.45, 7) is 3.53. The summed E-state index contributed by atoms with van der Waals surface area (Å²) in [4.78, 5) is 23.7. The van der Waals surface area contributed by atoms with Crippen molar-refractivity contribution in [2.24, 2.45) is 0 Å². The van der Waals surface area contributed by atoms with E-state index in [9.17, 15) is 4.79 Å². The molecule has 7 nitrogen and oxygen atoms in total. The number of aryl methyl sites for hydroxylation is 1. The van der Waals surface area contributed by atoms with Gasteiger partial charge in [0.2, 0.25) is 0 Å². The molecule has 4 heterocycles. The maximum absolute atomic E-state index is 12.7. The molecule has 4 aromatic rings. The van der Waals surface area contributed by atoms with Crippen molar-refractivity contribution in [3.63, 3.8) is 0 Å². The first-order chi connectivity index (χ1) is 14.6. The van der Waals surface area contributed by atoms with E-state index >= 15 is 0 Å². The van der Waals surface area contributed by atoms with Crippen LogP contribution in [0.15, 0.2) is 48.0 Å². The lowest BCUT2D eigenvalue weighted by molar-refractivity contribution is 0.0936. The molecule has 5 rings (SSSR count). The molecule has 0 spiro atoms. The van der Waals surface area contributed by atoms with Crippen LogP contribution in [0.3, 0.4) is 0 Å². The Morgan fingerprint density at radius 3 is 2.90 bits per heavy atom. The first-order valence-corrected chi connectivity index (χ1v) is 10.9. The van der Waals surface area contributed by atoms with E-state index in [-0.39, 0.29) is 11.9 Å². The molecular weight excluding hydrogens is 420 g/mol. The fraction of sp³-hybridized carbons (Fsp3) is 0.238. The first-order valence-electron chi connectivity index (χ1n) is 9.65. The van der Waals surface area contributed by atoms with Gasteiger partial charge in [-0.05, 0) is 37.6 Å². The molecule has 1 saturated heterocycles. The molecule has 0 bridgehead atoms. The van der Waals surface area contributed by atoms with Gasteiger partial charge in [-0.2, -0.15) is 0 Å². The minimum Gasteiger partial charge on any atom is -0.353 e. The number of hydrogen-bond acceptors (Lipinski definition) is 6. The molecule has 0 aliphatic carbocycles. The highest BCUT2D eigenvalue weighted by Crippen LogP contribution is 2.25. The highest BCUT2D eigenvalue weighted by molar-refractivity contribution is 7.13. The molecular formula is C21H19ClN6OS. The van der Waals surface area contributed by atoms with Gasteiger partial charge in [-0.15, -0.1) is 16.4 Å². The van der Waals surface area contributed by atoms with Gasteiger partial charge in [0, 0.05) is 35.1 Å². The minimum atomic E-state index is -0.146. The zero-order valence-corrected chi connectivity index (χ0v) is 17.8. The molecule has 3 aromatic heterocycles. The fourth-order valence-corrected chi connectivity index (χ4v) is 4.53. The van der Waals surface area contributed by atoms with Crippen LogP contribution < -0.4 is 10.2 Å². The van der Waals surface area contributed by atoms with E-state index in [2.05, 4.69) is 25.3 Å². The average Bonchev–Trinajstić information content (AvgIpc) is 3.49. The van der Waals surface area contributed by atoms with Gasteiger partial charge in [0.05, 0.1) is 11.9 Å². The number of imidazole rings is 1. The number of aromatic nitrogens is 4. The van der Waals surface area contributed by atoms with Crippen molar-refractivity contribution in [2.75, 3.05) is 18.0 Å². The van der Waals surface area contributed by atoms with Crippen LogP contribution >= 0.6 is 22.9 Å². The highest BCUT2D eigenvalue weighted by Gasteiger charge is 2.26. The number of fused-ring (bicyclic) bond motifs is 1. The molecule has 0 unspecified atom stereocenters. The standard InChI is InChI=1S/C21H19ClN6OS/c1-13-10-23-18-6-7-19(26-28(13)18)27-9-8-16(11-27)24-20(29)17-12-30-21(25-17)14-2-4-15(22)5-3-14/h2-7,10,12,16H,8-9,11H2,1H3,(H,24,29)/t16-/m0/s1. The molecule has 0 saturated carbocycles. The largest absolute Gasteiger partial charge is 0.353 e. The Labute approximate surface area is 182 Å². The number of benzene rings is 1. The lowest BCUT2D eigenvalue weighted by atomic mass is 10.2. The lowest BCUT2D eigenvalue weighted by Crippen LogP contribution is -2.37. The van der Waals surface area contributed by atoms with Crippen LogP contribution in [0.4, 0.5) is 5.82 Å². The van der Waals surface area contributed by atoms with Crippen LogP contribution in [0, 0.1) is 6.92 Å². The minimum absolute atomic E-state index is 0.0552. The predicted octanol–water partition coefficient (Wildman–Crippen LogP) is 3.82. The Morgan fingerprint density at radius 1 is 1.23 bits per heavy atom. The van der Waals surface area contributed by atoms with Gasteiger partial charge in [0.1, 0.15) is 16.5 Å². The van der Waals surface area contributed by atoms with E-state index in [0.717, 1.165) is 40.7 Å². The summed E-state index contributed by atoms with van der Waals surface area (Å²) < 4.78 is 1.84. The van der Waals surface area contributed by atoms with E-state index < -0.39 is 0 Å². The first kappa shape index (κ1) is 19.0. The second kappa shape index (κ2) is 7.70. The maximum atomic E-state index is 12.7. The van der Waals surface area contributed by atoms with E-state index in [1.807, 2.05) is 54.0 Å². The molecule has 1 aliphatic heterocycles. The predicted molar refractivity (Wildman–Crippen MR) is 118 cm³/mol. The number of nitrogens with zero attached hydrogens (tertiary/aromatic N) is 5. The topological polar surface area (TPSA) is 75.4 Å². The van der Waals surface area contributed by atoms with Crippen LogP contribution in [0.25, 0.3) is 16.2 Å². The Balaban J connectivity index is 1.25. The van der Waals surface area contributed by atoms with Gasteiger partial charge < -0.3 is 10.2 Å². The number of rotatable bonds is 4. The van der Waals surface area contributed by atoms with Crippen LogP contribution in [-0.2, 0) is 0 Å². The molecule has 1 aromatic carbocycles. The summed E-state index contributed by atoms with van der Waals surface area (Å²) in [6, 6.07) is 11.5. The van der Waals surface area contributed by atoms with Crippen molar-refractivity contribution in [1.29, 1.82) is 0 Å². The van der Waals surface area contributed by atoms with E-state index in [1.54, 1.807) is 5.38 Å². The van der Waals surface area contributed by atoms with Crippen molar-refractivity contribution in [2.45, 2.75) is 19.4 Å². The number of halogens is 1. The monoisotopic (exact) mass is 438 g/mol. The summed E-state index contributed by atoms with van der Waals surface area (Å²) in [7, 11) is 0. The molecule has 9 heteroatoms. The van der Waals surface area contributed by atoms with Crippen molar-refractivity contribution in [3.8, 4) is 10.6 Å². The summed E-state index contributed by atoms with van der Waals surface area (Å²) in [6.07, 6.45) is 2.67. The summed E-state index contributed by atoms with van der Waals surface area (Å²) in [5.41, 5.74) is 3.22. The fourth-order valence-electron chi connectivity index (χ4n) is 3.60. The molecule has 152 valence electrons. The number of thiazole rings is 1. The number of anilines is 1. The van der Waals surface area contributed by atoms with Crippen LogP contribution in [0.5, 0.6) is 0 Å². The quantitative estimate of drug-likeness (QED) is 0.524. The number of nitrogens with one attached hydrogen (secondary N) is 1. The summed E-state index contributed by atoms with van der Waals surface area (Å²) in [5.74, 6) is 0.742. The zero-order chi connectivity index (χ0) is 20.7. The summed E-state index contributed by atoms with van der Waals surface area (Å²) in [5, 5.41) is 11.1. The SMILES string of the molecule is Cc1cnc2ccc(N3CC[C@H](NC(=O)c4csc(-c5ccc(Cl)cc5)n4)C3)nn12. The summed E-state index contributed by atoms with van der Waals surface area (Å²) >= 11 is 7.39. The van der Waals surface area contributed by atoms with Crippen molar-refractivity contribution in [1.82, 2.24) is 24.9 Å². The third kappa shape index (κ3) is 3.64. The number of hydrogen-bond donors (Lipinski definition) is 1. The Bertz CT molecular complexity index is 1220. The van der Waals surface area contributed by atoms with E-state index in [0.29, 0.717) is 17.3 Å². The smallest absolute Gasteiger partial charge is 0.271 e. The van der Waals surface area contributed by atoms with Gasteiger partial charge in [0.15, 0.2) is 5.65 Å². The Hall–Kier alpha value is -2.97. The van der Waals surface area contributed by atoms with Crippen molar-refractivity contribution >= 4 is 40.3 Å². The molecule has 1 N–H and O–H groups in total. The van der Waals surface area contributed by atoms with Crippen LogP contribution in [0.2, 0.25) is 5.02 Å². The number of carbonyl (C=O) groups excluding carboxylic acids is 1. The van der Waals surface area contributed by atoms with Gasteiger partial charge in [0.25, 0.3) is 5.91 Å². The van der Waals surface area contributed by atoms with E-state index in [4.69, 9.17) is 11.6 Å². The number of amides is 1. The number of carbonyl (C=O) groups is 1. The lowest BCUT2D eigenvalue weighted by Gasteiger charge is -2.18. The van der Waals surface area contributed by atoms with E-state index in [1.165, 1.54) is 11.3 Å². The third-order valence-electron chi connectivity index (χ3n) is 5.19. The van der Waals surface area contributed by atoms with Crippen molar-refractivity contribution in [3.05, 3.63) is 64.4 Å². The molecule has 1 amide bonds. The Morgan fingerprint density at radius 2 is 2.07 bits per heavy atom. The molecule has 30 heavy (non-hydrogen) atoms. The third-order valence-corrected chi connectivity index (χ3v) is 6.34. The second-order valence-corrected chi connectivity index (χ2v) is 8.61. The Kier molecular flexibility index (Phi) is 4.88. The zero-order valence-electron chi connectivity index (χ0n) is 16.2. The van der Waals surface area contributed by atoms with Crippen LogP contribution in [-0.4, -0.2) is 44.6 Å². The van der Waals surface area contributed by atoms with Gasteiger partial charge >= 0.3 is 0 Å². The van der Waals surface area contributed by atoms with Gasteiger partial charge in [-0.25, -0.2) is 14.5 Å². The second-order valence-electron chi connectivity index (χ2n) is 7.31. The maximum Gasteiger partial charge on any atom is 0.271 e. The normalized spacial score (nSPS) is 16.3. The van der Waals surface area contributed by atoms with Gasteiger partial charge in [-0.3, -0.25) is 4.79 Å². The highest BCUT2D eigenvalue weighted by atomic mass is 35.5. The molecule has 1 aliphatic rings.